The van der Waals surface area contributed by atoms with E-state index in [2.05, 4.69) is 15.6 Å². The predicted octanol–water partition coefficient (Wildman–Crippen LogP) is -0.584. The smallest absolute Gasteiger partial charge is 0.210 e. The molecule has 22 heavy (non-hydrogen) atoms. The molecule has 0 aliphatic carbocycles. The van der Waals surface area contributed by atoms with E-state index < -0.39 is 10.0 Å². The second-order valence-corrected chi connectivity index (χ2v) is 6.85. The van der Waals surface area contributed by atoms with Crippen LogP contribution in [0.15, 0.2) is 4.99 Å². The Morgan fingerprint density at radius 3 is 2.91 bits per heavy atom. The SMILES string of the molecule is CCNC(=NCCCOCC1CCCO1)NCCS(N)(=O)=O. The zero-order valence-electron chi connectivity index (χ0n) is 13.2. The maximum atomic E-state index is 10.9. The fourth-order valence-corrected chi connectivity index (χ4v) is 2.39. The van der Waals surface area contributed by atoms with Crippen LogP contribution in [-0.2, 0) is 19.5 Å². The van der Waals surface area contributed by atoms with Crippen molar-refractivity contribution >= 4 is 16.0 Å². The first-order valence-corrected chi connectivity index (χ1v) is 9.45. The van der Waals surface area contributed by atoms with Crippen LogP contribution in [0.5, 0.6) is 0 Å². The van der Waals surface area contributed by atoms with Crippen molar-refractivity contribution < 1.29 is 17.9 Å². The van der Waals surface area contributed by atoms with Crippen molar-refractivity contribution in [1.82, 2.24) is 10.6 Å². The summed E-state index contributed by atoms with van der Waals surface area (Å²) in [6, 6.07) is 0. The first-order valence-electron chi connectivity index (χ1n) is 7.73. The first-order chi connectivity index (χ1) is 10.5. The standard InChI is InChI=1S/C13H28N4O4S/c1-2-15-13(17-7-10-22(14,18)19)16-6-4-8-20-11-12-5-3-9-21-12/h12H,2-11H2,1H3,(H2,14,18,19)(H2,15,16,17). The van der Waals surface area contributed by atoms with Gasteiger partial charge in [-0.25, -0.2) is 13.6 Å². The van der Waals surface area contributed by atoms with E-state index >= 15 is 0 Å². The molecule has 1 rings (SSSR count). The van der Waals surface area contributed by atoms with Gasteiger partial charge in [0, 0.05) is 32.8 Å². The highest BCUT2D eigenvalue weighted by molar-refractivity contribution is 7.89. The van der Waals surface area contributed by atoms with Crippen LogP contribution >= 0.6 is 0 Å². The van der Waals surface area contributed by atoms with Gasteiger partial charge in [0.25, 0.3) is 0 Å². The van der Waals surface area contributed by atoms with Gasteiger partial charge in [-0.1, -0.05) is 0 Å². The van der Waals surface area contributed by atoms with Gasteiger partial charge in [0.2, 0.25) is 10.0 Å². The number of primary sulfonamides is 1. The first kappa shape index (κ1) is 19.1. The molecule has 130 valence electrons. The molecule has 1 aliphatic rings. The summed E-state index contributed by atoms with van der Waals surface area (Å²) in [6.07, 6.45) is 3.25. The maximum absolute atomic E-state index is 10.9. The Bertz CT molecular complexity index is 422. The molecule has 4 N–H and O–H groups in total. The molecule has 1 heterocycles. The molecule has 0 amide bonds. The number of nitrogens with zero attached hydrogens (tertiary/aromatic N) is 1. The van der Waals surface area contributed by atoms with Crippen LogP contribution in [0.4, 0.5) is 0 Å². The van der Waals surface area contributed by atoms with Gasteiger partial charge >= 0.3 is 0 Å². The monoisotopic (exact) mass is 336 g/mol. The van der Waals surface area contributed by atoms with Crippen LogP contribution in [0.1, 0.15) is 26.2 Å². The predicted molar refractivity (Wildman–Crippen MR) is 86.4 cm³/mol. The maximum Gasteiger partial charge on any atom is 0.210 e. The van der Waals surface area contributed by atoms with E-state index in [0.29, 0.717) is 32.3 Å². The van der Waals surface area contributed by atoms with Gasteiger partial charge in [-0.05, 0) is 26.2 Å². The average Bonchev–Trinajstić information content (AvgIpc) is 2.94. The largest absolute Gasteiger partial charge is 0.379 e. The molecule has 1 saturated heterocycles. The van der Waals surface area contributed by atoms with Gasteiger partial charge < -0.3 is 20.1 Å². The molecule has 0 bridgehead atoms. The van der Waals surface area contributed by atoms with E-state index in [1.807, 2.05) is 6.92 Å². The fourth-order valence-electron chi connectivity index (χ4n) is 2.00. The third-order valence-corrected chi connectivity index (χ3v) is 3.84. The molecule has 1 aliphatic heterocycles. The number of hydrogen-bond donors (Lipinski definition) is 3. The topological polar surface area (TPSA) is 115 Å². The van der Waals surface area contributed by atoms with Crippen LogP contribution in [0.25, 0.3) is 0 Å². The van der Waals surface area contributed by atoms with Gasteiger partial charge in [0.05, 0.1) is 18.5 Å². The van der Waals surface area contributed by atoms with Crippen molar-refractivity contribution in [3.05, 3.63) is 0 Å². The second-order valence-electron chi connectivity index (χ2n) is 5.12. The third-order valence-electron chi connectivity index (χ3n) is 3.07. The van der Waals surface area contributed by atoms with Crippen molar-refractivity contribution in [2.45, 2.75) is 32.3 Å². The number of nitrogens with two attached hydrogens (primary N) is 1. The molecular formula is C13H28N4O4S. The summed E-state index contributed by atoms with van der Waals surface area (Å²) in [5, 5.41) is 10.9. The molecule has 0 spiro atoms. The summed E-state index contributed by atoms with van der Waals surface area (Å²) in [4.78, 5) is 4.35. The quantitative estimate of drug-likeness (QED) is 0.279. The zero-order chi connectivity index (χ0) is 16.3. The highest BCUT2D eigenvalue weighted by Crippen LogP contribution is 2.11. The van der Waals surface area contributed by atoms with Crippen LogP contribution in [0.3, 0.4) is 0 Å². The minimum absolute atomic E-state index is 0.123. The molecule has 0 aromatic carbocycles. The van der Waals surface area contributed by atoms with Crippen LogP contribution in [0, 0.1) is 0 Å². The Labute approximate surface area is 132 Å². The summed E-state index contributed by atoms with van der Waals surface area (Å²) < 4.78 is 32.7. The second kappa shape index (κ2) is 10.8. The lowest BCUT2D eigenvalue weighted by Gasteiger charge is -2.11. The van der Waals surface area contributed by atoms with Crippen LogP contribution in [0.2, 0.25) is 0 Å². The van der Waals surface area contributed by atoms with Crippen molar-refractivity contribution in [1.29, 1.82) is 0 Å². The van der Waals surface area contributed by atoms with Gasteiger partial charge in [0.15, 0.2) is 5.96 Å². The lowest BCUT2D eigenvalue weighted by Crippen LogP contribution is -2.40. The highest BCUT2D eigenvalue weighted by atomic mass is 32.2. The summed E-state index contributed by atoms with van der Waals surface area (Å²) >= 11 is 0. The molecule has 9 heteroatoms. The fraction of sp³-hybridized carbons (Fsp3) is 0.923. The van der Waals surface area contributed by atoms with E-state index in [-0.39, 0.29) is 18.4 Å². The van der Waals surface area contributed by atoms with E-state index in [1.54, 1.807) is 0 Å². The van der Waals surface area contributed by atoms with Gasteiger partial charge in [0.1, 0.15) is 0 Å². The molecule has 1 unspecified atom stereocenters. The number of ether oxygens (including phenoxy) is 2. The Hall–Kier alpha value is -0.900. The summed E-state index contributed by atoms with van der Waals surface area (Å²) in [5.41, 5.74) is 0. The van der Waals surface area contributed by atoms with Gasteiger partial charge in [-0.2, -0.15) is 0 Å². The minimum Gasteiger partial charge on any atom is -0.379 e. The molecule has 0 aromatic rings. The van der Waals surface area contributed by atoms with Crippen molar-refractivity contribution in [2.24, 2.45) is 10.1 Å². The number of hydrogen-bond acceptors (Lipinski definition) is 5. The van der Waals surface area contributed by atoms with Gasteiger partial charge in [-0.3, -0.25) is 4.99 Å². The van der Waals surface area contributed by atoms with Crippen molar-refractivity contribution in [3.63, 3.8) is 0 Å². The highest BCUT2D eigenvalue weighted by Gasteiger charge is 2.14. The number of aliphatic imine (C=N–C) groups is 1. The summed E-state index contributed by atoms with van der Waals surface area (Å²) in [6.45, 7) is 5.62. The molecule has 0 aromatic heterocycles. The number of sulfonamides is 1. The lowest BCUT2D eigenvalue weighted by molar-refractivity contribution is 0.0171. The number of guanidine groups is 1. The van der Waals surface area contributed by atoms with E-state index in [1.165, 1.54) is 0 Å². The normalized spacial score (nSPS) is 19.4. The minimum atomic E-state index is -3.45. The van der Waals surface area contributed by atoms with E-state index in [4.69, 9.17) is 14.6 Å². The Balaban J connectivity index is 2.12. The average molecular weight is 336 g/mol. The Morgan fingerprint density at radius 2 is 2.27 bits per heavy atom. The van der Waals surface area contributed by atoms with E-state index in [9.17, 15) is 8.42 Å². The molecule has 1 fully saturated rings. The zero-order valence-corrected chi connectivity index (χ0v) is 14.0. The Kier molecular flexibility index (Phi) is 9.37. The Morgan fingerprint density at radius 1 is 1.45 bits per heavy atom. The third kappa shape index (κ3) is 9.93. The van der Waals surface area contributed by atoms with Crippen molar-refractivity contribution in [3.8, 4) is 0 Å². The summed E-state index contributed by atoms with van der Waals surface area (Å²) in [7, 11) is -3.45. The molecule has 1 atom stereocenters. The number of nitrogens with one attached hydrogen (secondary N) is 2. The van der Waals surface area contributed by atoms with Crippen LogP contribution < -0.4 is 15.8 Å². The molecule has 0 saturated carbocycles. The van der Waals surface area contributed by atoms with Crippen molar-refractivity contribution in [2.75, 3.05) is 45.2 Å². The number of rotatable bonds is 10. The van der Waals surface area contributed by atoms with Gasteiger partial charge in [-0.15, -0.1) is 0 Å². The van der Waals surface area contributed by atoms with E-state index in [0.717, 1.165) is 25.9 Å². The molecular weight excluding hydrogens is 308 g/mol. The lowest BCUT2D eigenvalue weighted by atomic mass is 10.2. The molecule has 8 nitrogen and oxygen atoms in total. The summed E-state index contributed by atoms with van der Waals surface area (Å²) in [5.74, 6) is 0.465. The van der Waals surface area contributed by atoms with Crippen LogP contribution in [-0.4, -0.2) is 65.7 Å². The molecule has 0 radical (unpaired) electrons.